The van der Waals surface area contributed by atoms with Gasteiger partial charge >= 0.3 is 5.97 Å². The molecule has 5 aromatic rings. The topological polar surface area (TPSA) is 59.5 Å². The van der Waals surface area contributed by atoms with Crippen LogP contribution in [0.3, 0.4) is 0 Å². The summed E-state index contributed by atoms with van der Waals surface area (Å²) in [6, 6.07) is 30.0. The predicted octanol–water partition coefficient (Wildman–Crippen LogP) is 7.03. The third-order valence-electron chi connectivity index (χ3n) is 6.08. The fourth-order valence-electron chi connectivity index (χ4n) is 4.36. The molecule has 0 bridgehead atoms. The van der Waals surface area contributed by atoms with E-state index in [4.69, 9.17) is 4.74 Å². The van der Waals surface area contributed by atoms with Crippen molar-refractivity contribution in [2.75, 3.05) is 11.5 Å². The summed E-state index contributed by atoms with van der Waals surface area (Å²) >= 11 is 1.59. The number of carbonyl (C=O) groups excluding carboxylic acids is 2. The number of para-hydroxylation sites is 3. The van der Waals surface area contributed by atoms with Gasteiger partial charge in [-0.2, -0.15) is 0 Å². The number of carbonyl (C=O) groups is 2. The highest BCUT2D eigenvalue weighted by Crippen LogP contribution is 2.47. The van der Waals surface area contributed by atoms with E-state index in [0.717, 1.165) is 21.2 Å². The van der Waals surface area contributed by atoms with Crippen LogP contribution < -0.4 is 4.90 Å². The van der Waals surface area contributed by atoms with E-state index in [1.165, 1.54) is 12.1 Å². The SMILES string of the molecule is O=C(OCC(=O)N1c2ccccc2Sc2ccccc21)c1cc(-c2ccc(F)cc2)nc2ccccc12. The third kappa shape index (κ3) is 4.34. The van der Waals surface area contributed by atoms with Crippen LogP contribution in [0.15, 0.2) is 113 Å². The molecule has 0 aliphatic carbocycles. The van der Waals surface area contributed by atoms with Gasteiger partial charge in [-0.1, -0.05) is 54.2 Å². The normalized spacial score (nSPS) is 12.1. The lowest BCUT2D eigenvalue weighted by Gasteiger charge is -2.30. The van der Waals surface area contributed by atoms with Gasteiger partial charge in [0.1, 0.15) is 5.82 Å². The van der Waals surface area contributed by atoms with E-state index in [0.29, 0.717) is 22.2 Å². The van der Waals surface area contributed by atoms with Gasteiger partial charge in [0.15, 0.2) is 6.61 Å². The zero-order valence-electron chi connectivity index (χ0n) is 19.4. The highest BCUT2D eigenvalue weighted by Gasteiger charge is 2.28. The first-order valence-electron chi connectivity index (χ1n) is 11.6. The molecule has 5 nitrogen and oxygen atoms in total. The third-order valence-corrected chi connectivity index (χ3v) is 7.21. The standard InChI is InChI=1S/C30H19FN2O3S/c31-20-15-13-19(14-16-20)24-17-22(21-7-1-2-8-23(21)32-24)30(35)36-18-29(34)33-25-9-3-5-11-27(25)37-28-12-6-4-10-26(28)33/h1-17H,18H2. The van der Waals surface area contributed by atoms with Crippen LogP contribution in [0, 0.1) is 5.82 Å². The molecule has 180 valence electrons. The van der Waals surface area contributed by atoms with E-state index in [9.17, 15) is 14.0 Å². The van der Waals surface area contributed by atoms with Gasteiger partial charge in [0.25, 0.3) is 5.91 Å². The molecule has 0 atom stereocenters. The Bertz CT molecular complexity index is 1620. The zero-order valence-corrected chi connectivity index (χ0v) is 20.2. The first kappa shape index (κ1) is 22.9. The summed E-state index contributed by atoms with van der Waals surface area (Å²) < 4.78 is 19.0. The molecule has 0 unspecified atom stereocenters. The number of esters is 1. The molecule has 0 fully saturated rings. The van der Waals surface area contributed by atoms with Crippen LogP contribution in [0.5, 0.6) is 0 Å². The van der Waals surface area contributed by atoms with E-state index in [1.54, 1.807) is 47.0 Å². The number of fused-ring (bicyclic) bond motifs is 3. The number of halogens is 1. The van der Waals surface area contributed by atoms with Crippen molar-refractivity contribution in [2.45, 2.75) is 9.79 Å². The number of amides is 1. The quantitative estimate of drug-likeness (QED) is 0.245. The Labute approximate surface area is 216 Å². The number of aromatic nitrogens is 1. The van der Waals surface area contributed by atoms with Gasteiger partial charge in [-0.25, -0.2) is 14.2 Å². The Hall–Kier alpha value is -4.49. The first-order valence-corrected chi connectivity index (χ1v) is 12.4. The van der Waals surface area contributed by atoms with Crippen LogP contribution in [0.4, 0.5) is 15.8 Å². The smallest absolute Gasteiger partial charge is 0.339 e. The number of pyridine rings is 1. The minimum Gasteiger partial charge on any atom is -0.452 e. The Balaban J connectivity index is 1.31. The number of hydrogen-bond donors (Lipinski definition) is 0. The van der Waals surface area contributed by atoms with Crippen LogP contribution in [-0.4, -0.2) is 23.5 Å². The van der Waals surface area contributed by atoms with Crippen LogP contribution in [0.1, 0.15) is 10.4 Å². The molecular weight excluding hydrogens is 487 g/mol. The van der Waals surface area contributed by atoms with E-state index in [1.807, 2.05) is 60.7 Å². The van der Waals surface area contributed by atoms with Crippen molar-refractivity contribution < 1.29 is 18.7 Å². The van der Waals surface area contributed by atoms with E-state index >= 15 is 0 Å². The summed E-state index contributed by atoms with van der Waals surface area (Å²) in [6.45, 7) is -0.436. The lowest BCUT2D eigenvalue weighted by atomic mass is 10.0. The summed E-state index contributed by atoms with van der Waals surface area (Å²) in [5, 5.41) is 0.607. The Morgan fingerprint density at radius 3 is 2.14 bits per heavy atom. The first-order chi connectivity index (χ1) is 18.1. The molecule has 1 aliphatic heterocycles. The summed E-state index contributed by atoms with van der Waals surface area (Å²) in [6.07, 6.45) is 0. The van der Waals surface area contributed by atoms with Crippen molar-refractivity contribution in [2.24, 2.45) is 0 Å². The number of nitrogens with zero attached hydrogens (tertiary/aromatic N) is 2. The van der Waals surface area contributed by atoms with Crippen molar-refractivity contribution in [3.05, 3.63) is 115 Å². The maximum absolute atomic E-state index is 13.4. The van der Waals surface area contributed by atoms with Crippen molar-refractivity contribution in [3.8, 4) is 11.3 Å². The molecule has 0 N–H and O–H groups in total. The monoisotopic (exact) mass is 506 g/mol. The number of benzene rings is 4. The van der Waals surface area contributed by atoms with Gasteiger partial charge in [-0.05, 0) is 60.7 Å². The van der Waals surface area contributed by atoms with Crippen molar-refractivity contribution >= 4 is 45.9 Å². The van der Waals surface area contributed by atoms with Crippen molar-refractivity contribution in [3.63, 3.8) is 0 Å². The summed E-state index contributed by atoms with van der Waals surface area (Å²) in [7, 11) is 0. The molecule has 7 heteroatoms. The number of hydrogen-bond acceptors (Lipinski definition) is 5. The van der Waals surface area contributed by atoms with Gasteiger partial charge in [-0.15, -0.1) is 0 Å². The lowest BCUT2D eigenvalue weighted by molar-refractivity contribution is -0.121. The van der Waals surface area contributed by atoms with E-state index in [2.05, 4.69) is 4.98 Å². The maximum atomic E-state index is 13.4. The highest BCUT2D eigenvalue weighted by molar-refractivity contribution is 7.99. The van der Waals surface area contributed by atoms with Crippen LogP contribution in [0.2, 0.25) is 0 Å². The molecule has 0 saturated carbocycles. The van der Waals surface area contributed by atoms with E-state index < -0.39 is 12.6 Å². The van der Waals surface area contributed by atoms with E-state index in [-0.39, 0.29) is 17.3 Å². The average Bonchev–Trinajstić information content (AvgIpc) is 2.94. The van der Waals surface area contributed by atoms with Gasteiger partial charge in [0, 0.05) is 20.7 Å². The van der Waals surface area contributed by atoms with Crippen LogP contribution in [-0.2, 0) is 9.53 Å². The second-order valence-corrected chi connectivity index (χ2v) is 9.51. The molecule has 6 rings (SSSR count). The summed E-state index contributed by atoms with van der Waals surface area (Å²) in [4.78, 5) is 34.9. The molecule has 0 spiro atoms. The molecule has 4 aromatic carbocycles. The molecule has 0 saturated heterocycles. The molecular formula is C30H19FN2O3S. The molecule has 1 aromatic heterocycles. The minimum absolute atomic E-state index is 0.285. The molecule has 0 radical (unpaired) electrons. The van der Waals surface area contributed by atoms with Crippen LogP contribution in [0.25, 0.3) is 22.2 Å². The number of ether oxygens (including phenoxy) is 1. The summed E-state index contributed by atoms with van der Waals surface area (Å²) in [5.74, 6) is -1.35. The van der Waals surface area contributed by atoms with Crippen molar-refractivity contribution in [1.29, 1.82) is 0 Å². The van der Waals surface area contributed by atoms with Gasteiger partial charge in [-0.3, -0.25) is 9.69 Å². The number of anilines is 2. The lowest BCUT2D eigenvalue weighted by Crippen LogP contribution is -2.32. The Morgan fingerprint density at radius 1 is 0.811 bits per heavy atom. The highest BCUT2D eigenvalue weighted by atomic mass is 32.2. The molecule has 2 heterocycles. The second-order valence-electron chi connectivity index (χ2n) is 8.42. The van der Waals surface area contributed by atoms with Gasteiger partial charge in [0.2, 0.25) is 0 Å². The Kier molecular flexibility index (Phi) is 5.90. The Morgan fingerprint density at radius 2 is 1.43 bits per heavy atom. The fourth-order valence-corrected chi connectivity index (χ4v) is 5.41. The fraction of sp³-hybridized carbons (Fsp3) is 0.0333. The van der Waals surface area contributed by atoms with Crippen molar-refractivity contribution in [1.82, 2.24) is 4.98 Å². The predicted molar refractivity (Wildman–Crippen MR) is 142 cm³/mol. The van der Waals surface area contributed by atoms with Gasteiger partial charge in [0.05, 0.1) is 28.1 Å². The maximum Gasteiger partial charge on any atom is 0.339 e. The largest absolute Gasteiger partial charge is 0.452 e. The average molecular weight is 507 g/mol. The zero-order chi connectivity index (χ0) is 25.4. The second kappa shape index (κ2) is 9.52. The van der Waals surface area contributed by atoms with Gasteiger partial charge < -0.3 is 4.74 Å². The summed E-state index contributed by atoms with van der Waals surface area (Å²) in [5.41, 5.74) is 3.55. The minimum atomic E-state index is -0.636. The number of rotatable bonds is 4. The molecule has 1 aliphatic rings. The molecule has 37 heavy (non-hydrogen) atoms. The molecule has 1 amide bonds. The van der Waals surface area contributed by atoms with Crippen LogP contribution >= 0.6 is 11.8 Å².